The van der Waals surface area contributed by atoms with Crippen LogP contribution in [0.25, 0.3) is 11.3 Å². The molecule has 0 spiro atoms. The van der Waals surface area contributed by atoms with E-state index >= 15 is 0 Å². The van der Waals surface area contributed by atoms with Crippen molar-refractivity contribution in [3.8, 4) is 11.3 Å². The first-order valence-electron chi connectivity index (χ1n) is 8.84. The summed E-state index contributed by atoms with van der Waals surface area (Å²) < 4.78 is 8.58. The van der Waals surface area contributed by atoms with Crippen LogP contribution in [0.5, 0.6) is 0 Å². The van der Waals surface area contributed by atoms with Crippen molar-refractivity contribution in [1.82, 2.24) is 4.98 Å². The maximum Gasteiger partial charge on any atom is 0.0799 e. The Morgan fingerprint density at radius 3 is 2.29 bits per heavy atom. The fraction of sp³-hybridized carbons (Fsp3) is 0.476. The zero-order valence-corrected chi connectivity index (χ0v) is 19.6. The number of hydrogen-bond donors (Lipinski definition) is 0. The van der Waals surface area contributed by atoms with Crippen LogP contribution in [0.15, 0.2) is 30.5 Å². The van der Waals surface area contributed by atoms with Crippen molar-refractivity contribution >= 4 is 13.3 Å². The predicted molar refractivity (Wildman–Crippen MR) is 104 cm³/mol. The molecule has 0 aliphatic carbocycles. The molecule has 2 aromatic rings. The molecule has 1 aromatic carbocycles. The molecular weight excluding hydrogens is 487 g/mol. The van der Waals surface area contributed by atoms with Gasteiger partial charge in [-0.25, -0.2) is 0 Å². The van der Waals surface area contributed by atoms with E-state index in [1.807, 2.05) is 26.1 Å². The van der Waals surface area contributed by atoms with Crippen LogP contribution in [-0.2, 0) is 25.5 Å². The van der Waals surface area contributed by atoms with Gasteiger partial charge < -0.3 is 4.98 Å². The topological polar surface area (TPSA) is 12.9 Å². The van der Waals surface area contributed by atoms with Crippen LogP contribution < -0.4 is 5.19 Å². The van der Waals surface area contributed by atoms with Gasteiger partial charge in [0.2, 0.25) is 0 Å². The Kier molecular flexibility index (Phi) is 6.22. The largest absolute Gasteiger partial charge is 0.305 e. The quantitative estimate of drug-likeness (QED) is 0.386. The molecule has 1 heterocycles. The smallest absolute Gasteiger partial charge is 0.0799 e. The van der Waals surface area contributed by atoms with Crippen LogP contribution in [0, 0.1) is 6.07 Å². The predicted octanol–water partition coefficient (Wildman–Crippen LogP) is 5.51. The van der Waals surface area contributed by atoms with Crippen LogP contribution in [0.4, 0.5) is 0 Å². The fourth-order valence-corrected chi connectivity index (χ4v) is 4.28. The second-order valence-corrected chi connectivity index (χ2v) is 13.6. The van der Waals surface area contributed by atoms with Gasteiger partial charge in [0.15, 0.2) is 0 Å². The van der Waals surface area contributed by atoms with Crippen molar-refractivity contribution in [3.05, 3.63) is 47.7 Å². The number of rotatable bonds is 3. The van der Waals surface area contributed by atoms with Crippen molar-refractivity contribution < 1.29 is 21.5 Å². The molecule has 1 aromatic heterocycles. The van der Waals surface area contributed by atoms with Crippen molar-refractivity contribution in [2.24, 2.45) is 0 Å². The first kappa shape index (κ1) is 19.6. The summed E-state index contributed by atoms with van der Waals surface area (Å²) in [6.07, 6.45) is 2.00. The van der Waals surface area contributed by atoms with Crippen LogP contribution in [0.3, 0.4) is 0 Å². The average Bonchev–Trinajstić information content (AvgIpc) is 2.44. The minimum absolute atomic E-state index is 0. The van der Waals surface area contributed by atoms with E-state index in [1.54, 1.807) is 0 Å². The molecule has 0 amide bonds. The molecule has 0 N–H and O–H groups in total. The Hall–Kier alpha value is -0.764. The summed E-state index contributed by atoms with van der Waals surface area (Å²) in [4.78, 5) is 4.73. The maximum absolute atomic E-state index is 8.58. The summed E-state index contributed by atoms with van der Waals surface area (Å²) in [5.74, 6) is -0.630. The second-order valence-electron chi connectivity index (χ2n) is 8.61. The van der Waals surface area contributed by atoms with Gasteiger partial charge in [-0.3, -0.25) is 0 Å². The van der Waals surface area contributed by atoms with E-state index in [-0.39, 0.29) is 25.5 Å². The van der Waals surface area contributed by atoms with Crippen LogP contribution in [0.2, 0.25) is 19.6 Å². The normalized spacial score (nSPS) is 13.2. The number of aromatic nitrogens is 1. The Labute approximate surface area is 164 Å². The van der Waals surface area contributed by atoms with E-state index in [4.69, 9.17) is 6.35 Å². The molecule has 1 nitrogen and oxygen atoms in total. The molecule has 0 saturated heterocycles. The Balaban J connectivity index is 0.00000312. The van der Waals surface area contributed by atoms with Gasteiger partial charge in [0.25, 0.3) is 0 Å². The summed E-state index contributed by atoms with van der Waals surface area (Å²) in [6.45, 7) is 17.5. The van der Waals surface area contributed by atoms with E-state index in [1.165, 1.54) is 10.8 Å². The number of benzene rings is 1. The van der Waals surface area contributed by atoms with E-state index in [2.05, 4.69) is 64.7 Å². The van der Waals surface area contributed by atoms with Crippen molar-refractivity contribution in [2.45, 2.75) is 65.6 Å². The Morgan fingerprint density at radius 2 is 1.79 bits per heavy atom. The molecule has 0 atom stereocenters. The molecule has 0 aliphatic heterocycles. The van der Waals surface area contributed by atoms with Gasteiger partial charge in [0.1, 0.15) is 0 Å². The van der Waals surface area contributed by atoms with Crippen molar-refractivity contribution in [2.75, 3.05) is 0 Å². The Morgan fingerprint density at radius 1 is 1.17 bits per heavy atom. The zero-order chi connectivity index (χ0) is 18.3. The van der Waals surface area contributed by atoms with E-state index in [0.29, 0.717) is 0 Å². The summed E-state index contributed by atoms with van der Waals surface area (Å²) in [5, 5.41) is 1.28. The van der Waals surface area contributed by atoms with Gasteiger partial charge in [-0.2, -0.15) is 0 Å². The standard InChI is InChI=1S/C21H30NSi.Ir/c1-15(2)18-13-19(22-14-20(18)23(6,7)8)16-10-9-11-17(12-16)21(3,4)5;/h9,11-15H,1-8H3;/q-1;/i15D;. The molecule has 0 bridgehead atoms. The average molecular weight is 518 g/mol. The third-order valence-electron chi connectivity index (χ3n) is 4.19. The third-order valence-corrected chi connectivity index (χ3v) is 6.21. The van der Waals surface area contributed by atoms with Gasteiger partial charge in [-0.05, 0) is 22.2 Å². The van der Waals surface area contributed by atoms with E-state index < -0.39 is 14.0 Å². The molecule has 24 heavy (non-hydrogen) atoms. The van der Waals surface area contributed by atoms with Crippen molar-refractivity contribution in [3.63, 3.8) is 0 Å². The molecule has 0 saturated carbocycles. The van der Waals surface area contributed by atoms with Crippen LogP contribution in [-0.4, -0.2) is 13.1 Å². The second kappa shape index (κ2) is 7.64. The van der Waals surface area contributed by atoms with Crippen molar-refractivity contribution in [1.29, 1.82) is 0 Å². The first-order valence-corrected chi connectivity index (χ1v) is 11.8. The summed E-state index contributed by atoms with van der Waals surface area (Å²) in [6, 6.07) is 11.7. The molecule has 3 heteroatoms. The van der Waals surface area contributed by atoms with E-state index in [9.17, 15) is 0 Å². The molecule has 2 rings (SSSR count). The van der Waals surface area contributed by atoms with Gasteiger partial charge in [-0.1, -0.05) is 65.9 Å². The maximum atomic E-state index is 8.58. The van der Waals surface area contributed by atoms with Crippen LogP contribution in [0.1, 0.15) is 53.0 Å². The third kappa shape index (κ3) is 4.87. The van der Waals surface area contributed by atoms with Gasteiger partial charge in [-0.15, -0.1) is 35.4 Å². The fourth-order valence-electron chi connectivity index (χ4n) is 2.69. The first-order chi connectivity index (χ1) is 10.8. The summed E-state index contributed by atoms with van der Waals surface area (Å²) >= 11 is 0. The monoisotopic (exact) mass is 518 g/mol. The molecule has 0 fully saturated rings. The molecule has 1 radical (unpaired) electrons. The van der Waals surface area contributed by atoms with Gasteiger partial charge >= 0.3 is 0 Å². The number of hydrogen-bond acceptors (Lipinski definition) is 1. The Bertz CT molecular complexity index is 737. The summed E-state index contributed by atoms with van der Waals surface area (Å²) in [5.41, 5.74) is 4.40. The van der Waals surface area contributed by atoms with Crippen LogP contribution >= 0.6 is 0 Å². The van der Waals surface area contributed by atoms with E-state index in [0.717, 1.165) is 16.8 Å². The molecular formula is C21H30IrNSi-. The number of pyridine rings is 1. The minimum atomic E-state index is -1.55. The van der Waals surface area contributed by atoms with Gasteiger partial charge in [0.05, 0.1) is 8.07 Å². The number of nitrogens with zero attached hydrogens (tertiary/aromatic N) is 1. The molecule has 0 unspecified atom stereocenters. The van der Waals surface area contributed by atoms with Gasteiger partial charge in [0, 0.05) is 27.7 Å². The molecule has 133 valence electrons. The summed E-state index contributed by atoms with van der Waals surface area (Å²) in [7, 11) is -1.55. The minimum Gasteiger partial charge on any atom is -0.305 e. The SMILES string of the molecule is [2H]C(C)(C)c1cc(-c2[c-]ccc(C(C)(C)C)c2)ncc1[Si](C)(C)C.[Ir]. The zero-order valence-electron chi connectivity index (χ0n) is 17.2. The molecule has 0 aliphatic rings.